The minimum absolute atomic E-state index is 0.00852. The topological polar surface area (TPSA) is 198 Å². The van der Waals surface area contributed by atoms with Gasteiger partial charge in [0.2, 0.25) is 11.6 Å². The summed E-state index contributed by atoms with van der Waals surface area (Å²) in [6.07, 6.45) is 1.81. The molecule has 198 valence electrons. The van der Waals surface area contributed by atoms with Gasteiger partial charge < -0.3 is 31.0 Å². The third kappa shape index (κ3) is 3.29. The Labute approximate surface area is 216 Å². The molecule has 1 heterocycles. The number of aliphatic hydroxyl groups is 3. The molecule has 3 atom stereocenters. The number of allylic oxidation sites excluding steroid dienone is 1. The molecule has 12 heteroatoms. The molecule has 0 unspecified atom stereocenters. The van der Waals surface area contributed by atoms with Gasteiger partial charge in [-0.3, -0.25) is 19.1 Å². The Morgan fingerprint density at radius 1 is 1.18 bits per heavy atom. The molecule has 0 aliphatic heterocycles. The zero-order valence-electron chi connectivity index (χ0n) is 20.8. The zero-order valence-corrected chi connectivity index (χ0v) is 20.8. The van der Waals surface area contributed by atoms with Gasteiger partial charge in [-0.15, -0.1) is 0 Å². The quantitative estimate of drug-likeness (QED) is 0.224. The van der Waals surface area contributed by atoms with E-state index in [2.05, 4.69) is 10.3 Å². The van der Waals surface area contributed by atoms with Crippen LogP contribution >= 0.6 is 0 Å². The van der Waals surface area contributed by atoms with Crippen LogP contribution in [-0.2, 0) is 25.6 Å². The van der Waals surface area contributed by atoms with E-state index in [-0.39, 0.29) is 41.5 Å². The summed E-state index contributed by atoms with van der Waals surface area (Å²) in [6, 6.07) is 4.92. The van der Waals surface area contributed by atoms with E-state index in [1.807, 2.05) is 13.8 Å². The van der Waals surface area contributed by atoms with Gasteiger partial charge in [-0.05, 0) is 56.4 Å². The number of phenols is 1. The highest BCUT2D eigenvalue weighted by Gasteiger charge is 2.64. The number of amides is 1. The molecule has 6 N–H and O–H groups in total. The van der Waals surface area contributed by atoms with Gasteiger partial charge in [-0.2, -0.15) is 5.10 Å². The number of phenolic OH excluding ortho intramolecular Hbond substituents is 1. The standard InChI is InChI=1S/C26H26N4O8/c1-10(2)30-7-6-15(28-30)12-4-5-16(31)18-13(12)8-11-9-14-20(29-38-3)22(33)19(25(27)36)24(35)26(14,37)23(34)17(11)21(18)32/h4-7,10-11,14,31-33,37H,8-9H2,1-3H3,(H2,27,36)/b29-20-/t11-,14-,26-/m0/s1. The van der Waals surface area contributed by atoms with Crippen molar-refractivity contribution in [2.75, 3.05) is 7.11 Å². The van der Waals surface area contributed by atoms with Crippen LogP contribution in [0.5, 0.6) is 5.75 Å². The second kappa shape index (κ2) is 8.55. The SMILES string of the molecule is CO/N=C1\C(O)=C(C(N)=O)C(=O)[C@@]2(O)C(=O)C3=C(O)c4c(O)ccc(-c5ccn(C(C)C)n5)c4C[C@H]3C[C@@H]12. The van der Waals surface area contributed by atoms with E-state index < -0.39 is 52.0 Å². The van der Waals surface area contributed by atoms with Gasteiger partial charge in [-0.25, -0.2) is 0 Å². The number of fused-ring (bicyclic) bond motifs is 3. The van der Waals surface area contributed by atoms with Crippen molar-refractivity contribution >= 4 is 28.9 Å². The first-order valence-electron chi connectivity index (χ1n) is 11.9. The summed E-state index contributed by atoms with van der Waals surface area (Å²) in [5.41, 5.74) is 2.47. The Hall–Kier alpha value is -4.45. The number of rotatable bonds is 4. The van der Waals surface area contributed by atoms with E-state index in [1.54, 1.807) is 23.0 Å². The molecule has 1 fully saturated rings. The first kappa shape index (κ1) is 25.2. The lowest BCUT2D eigenvalue weighted by molar-refractivity contribution is -0.153. The normalized spacial score (nSPS) is 26.0. The number of oxime groups is 1. The summed E-state index contributed by atoms with van der Waals surface area (Å²) in [6.45, 7) is 3.94. The summed E-state index contributed by atoms with van der Waals surface area (Å²) in [4.78, 5) is 43.8. The number of nitrogens with two attached hydrogens (primary N) is 1. The number of hydrogen-bond acceptors (Lipinski definition) is 10. The summed E-state index contributed by atoms with van der Waals surface area (Å²) < 4.78 is 1.76. The van der Waals surface area contributed by atoms with Crippen molar-refractivity contribution in [3.8, 4) is 17.0 Å². The molecule has 3 aliphatic carbocycles. The van der Waals surface area contributed by atoms with Crippen LogP contribution in [0.25, 0.3) is 17.0 Å². The van der Waals surface area contributed by atoms with Crippen LogP contribution in [0.1, 0.15) is 37.4 Å². The highest BCUT2D eigenvalue weighted by Crippen LogP contribution is 2.51. The highest BCUT2D eigenvalue weighted by atomic mass is 16.6. The number of carbonyl (C=O) groups is 3. The molecule has 38 heavy (non-hydrogen) atoms. The van der Waals surface area contributed by atoms with Gasteiger partial charge >= 0.3 is 0 Å². The molecule has 12 nitrogen and oxygen atoms in total. The van der Waals surface area contributed by atoms with E-state index in [0.29, 0.717) is 16.8 Å². The molecule has 2 aromatic rings. The van der Waals surface area contributed by atoms with Crippen LogP contribution in [0, 0.1) is 11.8 Å². The van der Waals surface area contributed by atoms with Crippen LogP contribution in [0.4, 0.5) is 0 Å². The maximum atomic E-state index is 13.8. The van der Waals surface area contributed by atoms with Crippen molar-refractivity contribution in [3.05, 3.63) is 52.4 Å². The third-order valence-electron chi connectivity index (χ3n) is 7.49. The predicted octanol–water partition coefficient (Wildman–Crippen LogP) is 1.48. The summed E-state index contributed by atoms with van der Waals surface area (Å²) in [5.74, 6) is -7.84. The molecule has 0 saturated heterocycles. The van der Waals surface area contributed by atoms with Gasteiger partial charge in [0.05, 0.1) is 17.2 Å². The Morgan fingerprint density at radius 3 is 2.50 bits per heavy atom. The average molecular weight is 523 g/mol. The number of nitrogens with zero attached hydrogens (tertiary/aromatic N) is 3. The average Bonchev–Trinajstić information content (AvgIpc) is 3.34. The molecule has 5 rings (SSSR count). The Balaban J connectivity index is 1.71. The number of benzene rings is 1. The fourth-order valence-electron chi connectivity index (χ4n) is 5.71. The smallest absolute Gasteiger partial charge is 0.256 e. The molecular formula is C26H26N4O8. The first-order chi connectivity index (χ1) is 17.9. The predicted molar refractivity (Wildman–Crippen MR) is 133 cm³/mol. The van der Waals surface area contributed by atoms with Crippen molar-refractivity contribution < 1.29 is 39.6 Å². The van der Waals surface area contributed by atoms with Crippen molar-refractivity contribution in [1.82, 2.24) is 9.78 Å². The zero-order chi connectivity index (χ0) is 27.7. The van der Waals surface area contributed by atoms with Crippen molar-refractivity contribution in [2.24, 2.45) is 22.7 Å². The summed E-state index contributed by atoms with van der Waals surface area (Å²) in [5, 5.41) is 52.4. The lowest BCUT2D eigenvalue weighted by Gasteiger charge is -2.45. The number of aliphatic hydroxyl groups excluding tert-OH is 2. The van der Waals surface area contributed by atoms with E-state index >= 15 is 0 Å². The van der Waals surface area contributed by atoms with Gasteiger partial charge in [0, 0.05) is 23.4 Å². The Kier molecular flexibility index (Phi) is 5.67. The molecule has 1 amide bonds. The van der Waals surface area contributed by atoms with Crippen molar-refractivity contribution in [3.63, 3.8) is 0 Å². The summed E-state index contributed by atoms with van der Waals surface area (Å²) in [7, 11) is 1.16. The molecule has 0 bridgehead atoms. The number of aromatic nitrogens is 2. The minimum atomic E-state index is -2.88. The van der Waals surface area contributed by atoms with Gasteiger partial charge in [-0.1, -0.05) is 5.16 Å². The van der Waals surface area contributed by atoms with E-state index in [4.69, 9.17) is 10.6 Å². The maximum Gasteiger partial charge on any atom is 0.256 e. The van der Waals surface area contributed by atoms with Crippen molar-refractivity contribution in [1.29, 1.82) is 0 Å². The molecule has 1 aromatic carbocycles. The number of aromatic hydroxyl groups is 1. The second-order valence-electron chi connectivity index (χ2n) is 9.88. The first-order valence-corrected chi connectivity index (χ1v) is 11.9. The molecule has 1 aromatic heterocycles. The minimum Gasteiger partial charge on any atom is -0.507 e. The van der Waals surface area contributed by atoms with Gasteiger partial charge in [0.15, 0.2) is 11.4 Å². The molecule has 0 radical (unpaired) electrons. The number of carbonyl (C=O) groups excluding carboxylic acids is 3. The maximum absolute atomic E-state index is 13.8. The molecule has 3 aliphatic rings. The number of Topliss-reactive ketones (excluding diaryl/α,β-unsaturated/α-hetero) is 2. The molecule has 0 spiro atoms. The van der Waals surface area contributed by atoms with E-state index in [1.165, 1.54) is 6.07 Å². The largest absolute Gasteiger partial charge is 0.507 e. The molecule has 1 saturated carbocycles. The second-order valence-corrected chi connectivity index (χ2v) is 9.88. The van der Waals surface area contributed by atoms with Crippen LogP contribution < -0.4 is 5.73 Å². The van der Waals surface area contributed by atoms with Crippen LogP contribution in [-0.4, -0.2) is 66.1 Å². The van der Waals surface area contributed by atoms with E-state index in [0.717, 1.165) is 7.11 Å². The fourth-order valence-corrected chi connectivity index (χ4v) is 5.71. The van der Waals surface area contributed by atoms with Crippen molar-refractivity contribution in [2.45, 2.75) is 38.3 Å². The number of hydrogen-bond donors (Lipinski definition) is 5. The molecular weight excluding hydrogens is 496 g/mol. The van der Waals surface area contributed by atoms with Gasteiger partial charge in [0.25, 0.3) is 5.91 Å². The number of primary amides is 1. The number of ketones is 2. The van der Waals surface area contributed by atoms with Crippen LogP contribution in [0.15, 0.2) is 46.5 Å². The Bertz CT molecular complexity index is 1510. The highest BCUT2D eigenvalue weighted by molar-refractivity contribution is 6.38. The summed E-state index contributed by atoms with van der Waals surface area (Å²) >= 11 is 0. The van der Waals surface area contributed by atoms with E-state index in [9.17, 15) is 34.8 Å². The lowest BCUT2D eigenvalue weighted by Crippen LogP contribution is -2.64. The fraction of sp³-hybridized carbons (Fsp3) is 0.346. The lowest BCUT2D eigenvalue weighted by atomic mass is 9.58. The third-order valence-corrected chi connectivity index (χ3v) is 7.49. The van der Waals surface area contributed by atoms with Gasteiger partial charge in [0.1, 0.15) is 29.9 Å². The monoisotopic (exact) mass is 522 g/mol. The Morgan fingerprint density at radius 2 is 1.89 bits per heavy atom. The van der Waals surface area contributed by atoms with Crippen LogP contribution in [0.3, 0.4) is 0 Å². The van der Waals surface area contributed by atoms with Crippen LogP contribution in [0.2, 0.25) is 0 Å².